The minimum Gasteiger partial charge on any atom is -0.478 e. The van der Waals surface area contributed by atoms with Crippen molar-refractivity contribution in [3.05, 3.63) is 41.2 Å². The van der Waals surface area contributed by atoms with E-state index in [9.17, 15) is 14.0 Å². The van der Waals surface area contributed by atoms with E-state index in [0.717, 1.165) is 6.08 Å². The van der Waals surface area contributed by atoms with Crippen molar-refractivity contribution >= 4 is 18.0 Å². The van der Waals surface area contributed by atoms with E-state index in [1.165, 1.54) is 37.1 Å². The SMILES string of the molecule is CC(CNC(=O)c1cc(/C=C/C(=O)O)ccc1F)C1CC1. The number of carboxylic acids is 1. The van der Waals surface area contributed by atoms with Gasteiger partial charge in [-0.2, -0.15) is 0 Å². The summed E-state index contributed by atoms with van der Waals surface area (Å²) in [6.45, 7) is 2.60. The fourth-order valence-electron chi connectivity index (χ4n) is 2.17. The highest BCUT2D eigenvalue weighted by Crippen LogP contribution is 2.36. The molecular formula is C16H18FNO3. The molecule has 0 aliphatic heterocycles. The topological polar surface area (TPSA) is 66.4 Å². The molecule has 1 aromatic rings. The third-order valence-electron chi connectivity index (χ3n) is 3.66. The summed E-state index contributed by atoms with van der Waals surface area (Å²) in [5, 5.41) is 11.3. The van der Waals surface area contributed by atoms with E-state index >= 15 is 0 Å². The van der Waals surface area contributed by atoms with Crippen LogP contribution in [0.5, 0.6) is 0 Å². The van der Waals surface area contributed by atoms with Crippen LogP contribution in [0.4, 0.5) is 4.39 Å². The fraction of sp³-hybridized carbons (Fsp3) is 0.375. The third kappa shape index (κ3) is 4.41. The fourth-order valence-corrected chi connectivity index (χ4v) is 2.17. The van der Waals surface area contributed by atoms with Gasteiger partial charge in [-0.3, -0.25) is 4.79 Å². The molecule has 2 N–H and O–H groups in total. The lowest BCUT2D eigenvalue weighted by atomic mass is 10.1. The number of nitrogens with one attached hydrogen (secondary N) is 1. The van der Waals surface area contributed by atoms with Crippen molar-refractivity contribution in [1.29, 1.82) is 0 Å². The quantitative estimate of drug-likeness (QED) is 0.792. The molecule has 112 valence electrons. The summed E-state index contributed by atoms with van der Waals surface area (Å²) in [5.41, 5.74) is 0.407. The Morgan fingerprint density at radius 3 is 2.81 bits per heavy atom. The Labute approximate surface area is 122 Å². The first-order valence-electron chi connectivity index (χ1n) is 6.96. The highest BCUT2D eigenvalue weighted by atomic mass is 19.1. The molecule has 0 radical (unpaired) electrons. The van der Waals surface area contributed by atoms with Gasteiger partial charge < -0.3 is 10.4 Å². The Balaban J connectivity index is 2.04. The van der Waals surface area contributed by atoms with Crippen LogP contribution in [0.1, 0.15) is 35.7 Å². The van der Waals surface area contributed by atoms with Crippen LogP contribution in [0.25, 0.3) is 6.08 Å². The van der Waals surface area contributed by atoms with Gasteiger partial charge in [-0.25, -0.2) is 9.18 Å². The molecule has 21 heavy (non-hydrogen) atoms. The molecule has 0 spiro atoms. The predicted molar refractivity (Wildman–Crippen MR) is 77.3 cm³/mol. The maximum absolute atomic E-state index is 13.7. The molecule has 1 saturated carbocycles. The third-order valence-corrected chi connectivity index (χ3v) is 3.66. The van der Waals surface area contributed by atoms with Crippen molar-refractivity contribution in [3.63, 3.8) is 0 Å². The van der Waals surface area contributed by atoms with Gasteiger partial charge in [0.1, 0.15) is 5.82 Å². The largest absolute Gasteiger partial charge is 0.478 e. The van der Waals surface area contributed by atoms with Crippen molar-refractivity contribution in [2.45, 2.75) is 19.8 Å². The number of amides is 1. The second-order valence-corrected chi connectivity index (χ2v) is 5.44. The molecule has 0 aromatic heterocycles. The summed E-state index contributed by atoms with van der Waals surface area (Å²) in [6, 6.07) is 3.95. The Morgan fingerprint density at radius 2 is 2.19 bits per heavy atom. The molecule has 1 aliphatic rings. The van der Waals surface area contributed by atoms with Crippen LogP contribution in [0.15, 0.2) is 24.3 Å². The van der Waals surface area contributed by atoms with Gasteiger partial charge in [0.25, 0.3) is 5.91 Å². The Kier molecular flexibility index (Phi) is 4.73. The van der Waals surface area contributed by atoms with Gasteiger partial charge in [0, 0.05) is 12.6 Å². The minimum absolute atomic E-state index is 0.0643. The van der Waals surface area contributed by atoms with Crippen molar-refractivity contribution < 1.29 is 19.1 Å². The summed E-state index contributed by atoms with van der Waals surface area (Å²) in [6.07, 6.45) is 4.66. The summed E-state index contributed by atoms with van der Waals surface area (Å²) in [5.74, 6) is -1.11. The van der Waals surface area contributed by atoms with Crippen LogP contribution >= 0.6 is 0 Å². The van der Waals surface area contributed by atoms with E-state index in [0.29, 0.717) is 23.9 Å². The van der Waals surface area contributed by atoms with Crippen LogP contribution in [0, 0.1) is 17.7 Å². The molecule has 1 amide bonds. The van der Waals surface area contributed by atoms with Gasteiger partial charge in [0.2, 0.25) is 0 Å². The summed E-state index contributed by atoms with van der Waals surface area (Å²) in [4.78, 5) is 22.5. The van der Waals surface area contributed by atoms with Gasteiger partial charge in [-0.1, -0.05) is 13.0 Å². The summed E-state index contributed by atoms with van der Waals surface area (Å²) in [7, 11) is 0. The van der Waals surface area contributed by atoms with Gasteiger partial charge >= 0.3 is 5.97 Å². The van der Waals surface area contributed by atoms with E-state index < -0.39 is 17.7 Å². The smallest absolute Gasteiger partial charge is 0.328 e. The zero-order valence-electron chi connectivity index (χ0n) is 11.8. The lowest BCUT2D eigenvalue weighted by Crippen LogP contribution is -2.29. The van der Waals surface area contributed by atoms with E-state index in [1.807, 2.05) is 0 Å². The molecule has 0 saturated heterocycles. The van der Waals surface area contributed by atoms with Crippen LogP contribution < -0.4 is 5.32 Å². The molecule has 1 atom stereocenters. The molecule has 1 aromatic carbocycles. The second kappa shape index (κ2) is 6.52. The number of carboxylic acid groups (broad SMARTS) is 1. The number of aliphatic carboxylic acids is 1. The van der Waals surface area contributed by atoms with Crippen molar-refractivity contribution in [1.82, 2.24) is 5.32 Å². The predicted octanol–water partition coefficient (Wildman–Crippen LogP) is 2.70. The van der Waals surface area contributed by atoms with Crippen LogP contribution in [-0.4, -0.2) is 23.5 Å². The average molecular weight is 291 g/mol. The highest BCUT2D eigenvalue weighted by Gasteiger charge is 2.28. The number of halogens is 1. The van der Waals surface area contributed by atoms with E-state index in [-0.39, 0.29) is 5.56 Å². The van der Waals surface area contributed by atoms with Gasteiger partial charge in [0.15, 0.2) is 0 Å². The monoisotopic (exact) mass is 291 g/mol. The lowest BCUT2D eigenvalue weighted by molar-refractivity contribution is -0.131. The number of benzene rings is 1. The number of hydrogen-bond donors (Lipinski definition) is 2. The Bertz CT molecular complexity index is 579. The number of hydrogen-bond acceptors (Lipinski definition) is 2. The molecular weight excluding hydrogens is 273 g/mol. The molecule has 1 unspecified atom stereocenters. The van der Waals surface area contributed by atoms with E-state index in [2.05, 4.69) is 12.2 Å². The van der Waals surface area contributed by atoms with Crippen LogP contribution in [0.3, 0.4) is 0 Å². The molecule has 0 heterocycles. The normalized spacial score (nSPS) is 15.9. The zero-order valence-corrected chi connectivity index (χ0v) is 11.8. The van der Waals surface area contributed by atoms with Crippen molar-refractivity contribution in [3.8, 4) is 0 Å². The van der Waals surface area contributed by atoms with Gasteiger partial charge in [0.05, 0.1) is 5.56 Å². The first-order chi connectivity index (χ1) is 9.97. The van der Waals surface area contributed by atoms with E-state index in [4.69, 9.17) is 5.11 Å². The average Bonchev–Trinajstić information content (AvgIpc) is 3.28. The van der Waals surface area contributed by atoms with E-state index in [1.54, 1.807) is 0 Å². The maximum Gasteiger partial charge on any atom is 0.328 e. The Hall–Kier alpha value is -2.17. The second-order valence-electron chi connectivity index (χ2n) is 5.44. The standard InChI is InChI=1S/C16H18FNO3/c1-10(12-4-5-12)9-18-16(21)13-8-11(2-6-14(13)17)3-7-15(19)20/h2-3,6-8,10,12H,4-5,9H2,1H3,(H,18,21)(H,19,20)/b7-3+. The molecule has 1 fully saturated rings. The number of rotatable bonds is 6. The summed E-state index contributed by atoms with van der Waals surface area (Å²) < 4.78 is 13.7. The van der Waals surface area contributed by atoms with Crippen molar-refractivity contribution in [2.24, 2.45) is 11.8 Å². The van der Waals surface area contributed by atoms with Crippen LogP contribution in [0.2, 0.25) is 0 Å². The molecule has 1 aliphatic carbocycles. The van der Waals surface area contributed by atoms with Gasteiger partial charge in [-0.15, -0.1) is 0 Å². The van der Waals surface area contributed by atoms with Gasteiger partial charge in [-0.05, 0) is 48.4 Å². The minimum atomic E-state index is -1.09. The first kappa shape index (κ1) is 15.2. The Morgan fingerprint density at radius 1 is 1.48 bits per heavy atom. The van der Waals surface area contributed by atoms with Crippen molar-refractivity contribution in [2.75, 3.05) is 6.54 Å². The number of carbonyl (C=O) groups is 2. The molecule has 0 bridgehead atoms. The molecule has 4 nitrogen and oxygen atoms in total. The number of carbonyl (C=O) groups excluding carboxylic acids is 1. The molecule has 2 rings (SSSR count). The highest BCUT2D eigenvalue weighted by molar-refractivity contribution is 5.95. The molecule has 5 heteroatoms. The lowest BCUT2D eigenvalue weighted by Gasteiger charge is -2.12. The summed E-state index contributed by atoms with van der Waals surface area (Å²) >= 11 is 0. The maximum atomic E-state index is 13.7. The first-order valence-corrected chi connectivity index (χ1v) is 6.96. The van der Waals surface area contributed by atoms with Crippen LogP contribution in [-0.2, 0) is 4.79 Å². The zero-order chi connectivity index (χ0) is 15.4.